The Balaban J connectivity index is 2.13. The summed E-state index contributed by atoms with van der Waals surface area (Å²) in [5, 5.41) is 0.418. The third-order valence-corrected chi connectivity index (χ3v) is 4.45. The molecule has 6 heteroatoms. The van der Waals surface area contributed by atoms with Gasteiger partial charge < -0.3 is 9.47 Å². The molecule has 0 aliphatic heterocycles. The van der Waals surface area contributed by atoms with E-state index in [1.54, 1.807) is 32.9 Å². The molecule has 0 bridgehead atoms. The van der Waals surface area contributed by atoms with Crippen molar-refractivity contribution >= 4 is 40.8 Å². The van der Waals surface area contributed by atoms with Gasteiger partial charge in [-0.3, -0.25) is 0 Å². The molecule has 3 nitrogen and oxygen atoms in total. The van der Waals surface area contributed by atoms with E-state index in [0.29, 0.717) is 23.8 Å². The van der Waals surface area contributed by atoms with E-state index in [4.69, 9.17) is 44.3 Å². The average molecular weight is 352 g/mol. The molecule has 1 saturated carbocycles. The van der Waals surface area contributed by atoms with Gasteiger partial charge in [-0.15, -0.1) is 23.2 Å². The summed E-state index contributed by atoms with van der Waals surface area (Å²) in [7, 11) is 0. The lowest BCUT2D eigenvalue weighted by Gasteiger charge is -2.24. The SMILES string of the molecule is CCOC(=O)C(C)(C)Oc1ccc(C2CC2(Cl)Cl)cc1Cl. The largest absolute Gasteiger partial charge is 0.475 e. The van der Waals surface area contributed by atoms with Crippen molar-refractivity contribution in [3.8, 4) is 5.75 Å². The normalized spacial score (nSPS) is 20.0. The van der Waals surface area contributed by atoms with Crippen LogP contribution in [0.5, 0.6) is 5.75 Å². The van der Waals surface area contributed by atoms with Gasteiger partial charge in [0.25, 0.3) is 0 Å². The number of halogens is 3. The number of rotatable bonds is 5. The Kier molecular flexibility index (Phi) is 4.67. The summed E-state index contributed by atoms with van der Waals surface area (Å²) in [5.74, 6) is 0.0761. The lowest BCUT2D eigenvalue weighted by molar-refractivity contribution is -0.158. The zero-order chi connectivity index (χ0) is 15.8. The minimum Gasteiger partial charge on any atom is -0.475 e. The summed E-state index contributed by atoms with van der Waals surface area (Å²) < 4.78 is 9.96. The van der Waals surface area contributed by atoms with Crippen molar-refractivity contribution in [1.29, 1.82) is 0 Å². The van der Waals surface area contributed by atoms with Gasteiger partial charge in [-0.05, 0) is 44.9 Å². The second-order valence-corrected chi connectivity index (χ2v) is 7.49. The van der Waals surface area contributed by atoms with Crippen molar-refractivity contribution in [3.05, 3.63) is 28.8 Å². The second-order valence-electron chi connectivity index (χ2n) is 5.54. The highest BCUT2D eigenvalue weighted by Gasteiger charge is 2.52. The predicted octanol–water partition coefficient (Wildman–Crippen LogP) is 4.72. The molecule has 1 aliphatic carbocycles. The fourth-order valence-electron chi connectivity index (χ4n) is 2.01. The maximum atomic E-state index is 11.8. The Morgan fingerprint density at radius 1 is 1.43 bits per heavy atom. The van der Waals surface area contributed by atoms with Crippen LogP contribution in [0.25, 0.3) is 0 Å². The molecule has 1 aromatic rings. The van der Waals surface area contributed by atoms with Crippen LogP contribution < -0.4 is 4.74 Å². The van der Waals surface area contributed by atoms with Crippen LogP contribution in [0.1, 0.15) is 38.7 Å². The van der Waals surface area contributed by atoms with Crippen molar-refractivity contribution in [2.24, 2.45) is 0 Å². The van der Waals surface area contributed by atoms with E-state index < -0.39 is 15.9 Å². The van der Waals surface area contributed by atoms with E-state index in [2.05, 4.69) is 0 Å². The number of carbonyl (C=O) groups excluding carboxylic acids is 1. The Bertz CT molecular complexity index is 555. The fourth-order valence-corrected chi connectivity index (χ4v) is 2.80. The molecule has 0 N–H and O–H groups in total. The molecular formula is C15H17Cl3O3. The van der Waals surface area contributed by atoms with Crippen molar-refractivity contribution < 1.29 is 14.3 Å². The number of alkyl halides is 2. The molecule has 0 aromatic heterocycles. The Labute approximate surface area is 139 Å². The number of hydrogen-bond donors (Lipinski definition) is 0. The standard InChI is InChI=1S/C15H17Cl3O3/c1-4-20-13(19)14(2,3)21-12-6-5-9(7-11(12)16)10-8-15(10,17)18/h5-7,10H,4,8H2,1-3H3. The van der Waals surface area contributed by atoms with E-state index in [-0.39, 0.29) is 5.92 Å². The second kappa shape index (κ2) is 5.86. The fraction of sp³-hybridized carbons (Fsp3) is 0.533. The summed E-state index contributed by atoms with van der Waals surface area (Å²) in [6.45, 7) is 5.32. The first-order chi connectivity index (χ1) is 9.67. The summed E-state index contributed by atoms with van der Waals surface area (Å²) >= 11 is 18.3. The highest BCUT2D eigenvalue weighted by Crippen LogP contribution is 2.59. The van der Waals surface area contributed by atoms with Crippen molar-refractivity contribution in [3.63, 3.8) is 0 Å². The lowest BCUT2D eigenvalue weighted by atomic mass is 10.1. The Hall–Kier alpha value is -0.640. The topological polar surface area (TPSA) is 35.5 Å². The van der Waals surface area contributed by atoms with Gasteiger partial charge in [0.2, 0.25) is 0 Å². The van der Waals surface area contributed by atoms with Crippen LogP contribution in [0.4, 0.5) is 0 Å². The van der Waals surface area contributed by atoms with Gasteiger partial charge in [0.15, 0.2) is 5.60 Å². The first kappa shape index (κ1) is 16.7. The van der Waals surface area contributed by atoms with Crippen molar-refractivity contribution in [2.45, 2.75) is 43.0 Å². The van der Waals surface area contributed by atoms with Gasteiger partial charge in [-0.2, -0.15) is 0 Å². The molecule has 1 aliphatic rings. The molecule has 0 amide bonds. The van der Waals surface area contributed by atoms with Crippen LogP contribution in [-0.4, -0.2) is 22.5 Å². The molecule has 1 fully saturated rings. The third kappa shape index (κ3) is 3.77. The first-order valence-electron chi connectivity index (χ1n) is 6.71. The molecule has 1 aromatic carbocycles. The van der Waals surface area contributed by atoms with Gasteiger partial charge in [-0.1, -0.05) is 17.7 Å². The zero-order valence-corrected chi connectivity index (χ0v) is 14.4. The van der Waals surface area contributed by atoms with Crippen LogP contribution in [0.15, 0.2) is 18.2 Å². The van der Waals surface area contributed by atoms with Gasteiger partial charge in [-0.25, -0.2) is 4.79 Å². The van der Waals surface area contributed by atoms with Crippen molar-refractivity contribution in [1.82, 2.24) is 0 Å². The molecule has 0 radical (unpaired) electrons. The molecule has 0 heterocycles. The van der Waals surface area contributed by atoms with Gasteiger partial charge in [0, 0.05) is 5.92 Å². The van der Waals surface area contributed by atoms with Crippen LogP contribution in [0.3, 0.4) is 0 Å². The molecule has 116 valence electrons. The third-order valence-electron chi connectivity index (χ3n) is 3.32. The summed E-state index contributed by atoms with van der Waals surface area (Å²) in [6.07, 6.45) is 0.709. The highest BCUT2D eigenvalue weighted by atomic mass is 35.5. The summed E-state index contributed by atoms with van der Waals surface area (Å²) in [4.78, 5) is 11.8. The quantitative estimate of drug-likeness (QED) is 0.568. The van der Waals surface area contributed by atoms with Crippen molar-refractivity contribution in [2.75, 3.05) is 6.61 Å². The molecular weight excluding hydrogens is 335 g/mol. The van der Waals surface area contributed by atoms with E-state index >= 15 is 0 Å². The van der Waals surface area contributed by atoms with E-state index in [1.165, 1.54) is 0 Å². The molecule has 1 unspecified atom stereocenters. The minimum absolute atomic E-state index is 0.0884. The Morgan fingerprint density at radius 3 is 2.52 bits per heavy atom. The zero-order valence-electron chi connectivity index (χ0n) is 12.1. The molecule has 0 saturated heterocycles. The van der Waals surface area contributed by atoms with Crippen LogP contribution in [0, 0.1) is 0 Å². The molecule has 21 heavy (non-hydrogen) atoms. The van der Waals surface area contributed by atoms with Crippen LogP contribution >= 0.6 is 34.8 Å². The van der Waals surface area contributed by atoms with E-state index in [9.17, 15) is 4.79 Å². The average Bonchev–Trinajstić information content (AvgIpc) is 3.01. The Morgan fingerprint density at radius 2 is 2.05 bits per heavy atom. The summed E-state index contributed by atoms with van der Waals surface area (Å²) in [6, 6.07) is 5.36. The lowest BCUT2D eigenvalue weighted by Crippen LogP contribution is -2.39. The molecule has 0 spiro atoms. The molecule has 1 atom stereocenters. The first-order valence-corrected chi connectivity index (χ1v) is 7.84. The number of carbonyl (C=O) groups is 1. The number of hydrogen-bond acceptors (Lipinski definition) is 3. The minimum atomic E-state index is -1.11. The number of ether oxygens (including phenoxy) is 2. The monoisotopic (exact) mass is 350 g/mol. The maximum Gasteiger partial charge on any atom is 0.349 e. The smallest absolute Gasteiger partial charge is 0.349 e. The van der Waals surface area contributed by atoms with E-state index in [1.807, 2.05) is 6.07 Å². The van der Waals surface area contributed by atoms with Gasteiger partial charge in [0.1, 0.15) is 10.1 Å². The number of esters is 1. The van der Waals surface area contributed by atoms with Gasteiger partial charge in [0.05, 0.1) is 11.6 Å². The predicted molar refractivity (Wildman–Crippen MR) is 84.6 cm³/mol. The van der Waals surface area contributed by atoms with E-state index in [0.717, 1.165) is 5.56 Å². The van der Waals surface area contributed by atoms with Gasteiger partial charge >= 0.3 is 5.97 Å². The maximum absolute atomic E-state index is 11.8. The highest BCUT2D eigenvalue weighted by molar-refractivity contribution is 6.51. The number of benzene rings is 1. The molecule has 2 rings (SSSR count). The summed E-state index contributed by atoms with van der Waals surface area (Å²) in [5.41, 5.74) is -0.144. The van der Waals surface area contributed by atoms with Crippen LogP contribution in [0.2, 0.25) is 5.02 Å². The van der Waals surface area contributed by atoms with Crippen LogP contribution in [-0.2, 0) is 9.53 Å².